The summed E-state index contributed by atoms with van der Waals surface area (Å²) in [5.74, 6) is -0.647. The van der Waals surface area contributed by atoms with Crippen LogP contribution in [0, 0.1) is 0 Å². The first-order valence-electron chi connectivity index (χ1n) is 31.2. The van der Waals surface area contributed by atoms with E-state index in [-0.39, 0.29) is 79.4 Å². The minimum Gasteiger partial charge on any atom is -0.466 e. The molecule has 0 spiro atoms. The molecule has 88 heavy (non-hydrogen) atoms. The van der Waals surface area contributed by atoms with Crippen LogP contribution in [0.5, 0.6) is 0 Å². The Kier molecular flexibility index (Phi) is 39.7. The van der Waals surface area contributed by atoms with Crippen LogP contribution in [0.15, 0.2) is 12.2 Å². The Bertz CT molecular complexity index is 2050. The van der Waals surface area contributed by atoms with E-state index in [9.17, 15) is 38.4 Å². The van der Waals surface area contributed by atoms with E-state index in [1.807, 2.05) is 90.0 Å². The summed E-state index contributed by atoms with van der Waals surface area (Å²) in [6.07, 6.45) is 8.01. The number of carbonyl (C=O) groups is 8. The van der Waals surface area contributed by atoms with Crippen molar-refractivity contribution in [3.8, 4) is 0 Å². The van der Waals surface area contributed by atoms with Crippen molar-refractivity contribution in [2.24, 2.45) is 0 Å². The molecule has 0 aromatic carbocycles. The molecule has 0 aromatic heterocycles. The van der Waals surface area contributed by atoms with Gasteiger partial charge >= 0.3 is 42.3 Å². The molecule has 5 unspecified atom stereocenters. The van der Waals surface area contributed by atoms with Gasteiger partial charge in [0.2, 0.25) is 0 Å². The van der Waals surface area contributed by atoms with Crippen LogP contribution < -0.4 is 5.32 Å². The number of amides is 4. The van der Waals surface area contributed by atoms with E-state index in [1.165, 1.54) is 6.08 Å². The van der Waals surface area contributed by atoms with Crippen LogP contribution in [0.4, 0.5) is 19.2 Å². The van der Waals surface area contributed by atoms with Gasteiger partial charge in [-0.3, -0.25) is 9.59 Å². The number of nitrogens with one attached hydrogen (secondary N) is 1. The molecule has 5 fully saturated rings. The third kappa shape index (κ3) is 41.0. The highest BCUT2D eigenvalue weighted by molar-refractivity contribution is 5.81. The highest BCUT2D eigenvalue weighted by atomic mass is 16.6. The fourth-order valence-corrected chi connectivity index (χ4v) is 8.46. The summed E-state index contributed by atoms with van der Waals surface area (Å²) in [5.41, 5.74) is -1.96. The van der Waals surface area contributed by atoms with Crippen molar-refractivity contribution in [2.45, 2.75) is 215 Å². The van der Waals surface area contributed by atoms with Crippen molar-refractivity contribution in [1.82, 2.24) is 24.9 Å². The fourth-order valence-electron chi connectivity index (χ4n) is 8.46. The fraction of sp³-hybridized carbons (Fsp3) is 0.839. The molecule has 5 aliphatic heterocycles. The Morgan fingerprint density at radius 2 is 0.818 bits per heavy atom. The Labute approximate surface area is 523 Å². The number of nitrogens with zero attached hydrogens (tertiary/aromatic N) is 4. The molecule has 26 heteroatoms. The van der Waals surface area contributed by atoms with Gasteiger partial charge in [0.05, 0.1) is 110 Å². The van der Waals surface area contributed by atoms with E-state index in [1.54, 1.807) is 39.5 Å². The lowest BCUT2D eigenvalue weighted by Crippen LogP contribution is -2.47. The average Bonchev–Trinajstić information content (AvgIpc) is 3.58. The molecule has 5 saturated heterocycles. The molecule has 510 valence electrons. The Morgan fingerprint density at radius 1 is 0.477 bits per heavy atom. The zero-order valence-corrected chi connectivity index (χ0v) is 55.8. The van der Waals surface area contributed by atoms with Crippen molar-refractivity contribution in [3.05, 3.63) is 12.2 Å². The lowest BCUT2D eigenvalue weighted by molar-refractivity contribution is -0.144. The van der Waals surface area contributed by atoms with Gasteiger partial charge in [0.1, 0.15) is 28.7 Å². The summed E-state index contributed by atoms with van der Waals surface area (Å²) in [6, 6.07) is 0. The van der Waals surface area contributed by atoms with Crippen LogP contribution in [0.3, 0.4) is 0 Å². The topological polar surface area (TPSA) is 293 Å². The number of hydrogen-bond acceptors (Lipinski definition) is 22. The van der Waals surface area contributed by atoms with Crippen LogP contribution >= 0.6 is 0 Å². The maximum atomic E-state index is 12.0. The van der Waals surface area contributed by atoms with Gasteiger partial charge in [-0.2, -0.15) is 0 Å². The predicted molar refractivity (Wildman–Crippen MR) is 327 cm³/mol. The third-order valence-electron chi connectivity index (χ3n) is 12.3. The second-order valence-electron chi connectivity index (χ2n) is 25.1. The molecular formula is C62H111N5O21. The molecule has 0 saturated carbocycles. The number of aliphatic hydroxyl groups is 1. The second-order valence-corrected chi connectivity index (χ2v) is 25.1. The number of hydrogen-bond donors (Lipinski definition) is 2. The van der Waals surface area contributed by atoms with Crippen LogP contribution in [-0.4, -0.2) is 251 Å². The monoisotopic (exact) mass is 1260 g/mol. The van der Waals surface area contributed by atoms with Gasteiger partial charge in [-0.05, 0) is 142 Å². The molecule has 4 amide bonds. The van der Waals surface area contributed by atoms with E-state index in [4.69, 9.17) is 61.9 Å². The molecule has 0 aromatic rings. The van der Waals surface area contributed by atoms with E-state index < -0.39 is 22.4 Å². The Balaban J connectivity index is 0.000000555. The van der Waals surface area contributed by atoms with Gasteiger partial charge in [0.25, 0.3) is 0 Å². The smallest absolute Gasteiger partial charge is 0.410 e. The molecule has 26 nitrogen and oxygen atoms in total. The standard InChI is InChI=1S/C15H27NO5.C15H25NO5.C11H21NO4.C11H19NO4.C10H19NO3/c2*1-5-19-13(17)8-6-7-12-11-16(9-10-20-12)14(18)21-15(2,3)4;2*1-11(2,3)16-10(14)12-5-7-15-9(8-12)4-6-13;1-2-13-10(12)5-3-4-9-8-11-6-7-14-9/h12H,5-11H2,1-4H3;6,8,12H,5,7,9-11H2,1-4H3;9,13H,4-8H2,1-3H3;6,9H,4-5,7-8H2,1-3H3;9,11H,2-8H2,1H3/b;8-6+;;;. The first-order valence-corrected chi connectivity index (χ1v) is 31.2. The molecule has 5 aliphatic rings. The number of aldehydes is 1. The van der Waals surface area contributed by atoms with Gasteiger partial charge in [0.15, 0.2) is 0 Å². The summed E-state index contributed by atoms with van der Waals surface area (Å²) in [4.78, 5) is 97.8. The number of carbonyl (C=O) groups excluding carboxylic acids is 8. The first-order chi connectivity index (χ1) is 41.3. The predicted octanol–water partition coefficient (Wildman–Crippen LogP) is 7.41. The molecular weight excluding hydrogens is 1150 g/mol. The number of morpholine rings is 5. The zero-order chi connectivity index (χ0) is 66.4. The summed E-state index contributed by atoms with van der Waals surface area (Å²) in [7, 11) is 0. The molecule has 0 aliphatic carbocycles. The van der Waals surface area contributed by atoms with Gasteiger partial charge < -0.3 is 91.7 Å². The number of rotatable bonds is 18. The number of ether oxygens (including phenoxy) is 12. The molecule has 0 bridgehead atoms. The van der Waals surface area contributed by atoms with E-state index in [0.29, 0.717) is 137 Å². The Morgan fingerprint density at radius 3 is 1.16 bits per heavy atom. The zero-order valence-electron chi connectivity index (χ0n) is 55.8. The summed E-state index contributed by atoms with van der Waals surface area (Å²) in [5, 5.41) is 12.1. The molecule has 0 radical (unpaired) electrons. The summed E-state index contributed by atoms with van der Waals surface area (Å²) >= 11 is 0. The van der Waals surface area contributed by atoms with Gasteiger partial charge in [-0.1, -0.05) is 6.08 Å². The van der Waals surface area contributed by atoms with Gasteiger partial charge in [0, 0.05) is 71.2 Å². The van der Waals surface area contributed by atoms with Gasteiger partial charge in [-0.25, -0.2) is 24.0 Å². The van der Waals surface area contributed by atoms with E-state index in [0.717, 1.165) is 45.2 Å². The van der Waals surface area contributed by atoms with Crippen molar-refractivity contribution >= 4 is 48.6 Å². The molecule has 5 rings (SSSR count). The minimum absolute atomic E-state index is 0.0410. The largest absolute Gasteiger partial charge is 0.466 e. The lowest BCUT2D eigenvalue weighted by Gasteiger charge is -2.34. The maximum Gasteiger partial charge on any atom is 0.410 e. The van der Waals surface area contributed by atoms with Crippen molar-refractivity contribution < 1.29 is 100 Å². The summed E-state index contributed by atoms with van der Waals surface area (Å²) < 4.78 is 63.2. The minimum atomic E-state index is -0.505. The average molecular weight is 1260 g/mol. The lowest BCUT2D eigenvalue weighted by atomic mass is 10.1. The highest BCUT2D eigenvalue weighted by Crippen LogP contribution is 2.19. The van der Waals surface area contributed by atoms with Crippen LogP contribution in [0.2, 0.25) is 0 Å². The van der Waals surface area contributed by atoms with Gasteiger partial charge in [-0.15, -0.1) is 0 Å². The second kappa shape index (κ2) is 43.4. The molecule has 2 N–H and O–H groups in total. The van der Waals surface area contributed by atoms with E-state index >= 15 is 0 Å². The van der Waals surface area contributed by atoms with Crippen LogP contribution in [0.1, 0.15) is 162 Å². The van der Waals surface area contributed by atoms with Crippen molar-refractivity contribution in [2.75, 3.05) is 125 Å². The normalized spacial score (nSPS) is 20.7. The SMILES string of the molecule is CC(C)(C)OC(=O)N1CCOC(CC=O)C1.CC(C)(C)OC(=O)N1CCOC(CCO)C1.CCOC(=O)/C=C/CC1CN(C(=O)OC(C)(C)C)CCO1.CCOC(=O)CCCC1CN(C(=O)OC(C)(C)C)CCO1.CCOC(=O)CCCC1CNCCO1. The summed E-state index contributed by atoms with van der Waals surface area (Å²) in [6.45, 7) is 37.4. The Hall–Kier alpha value is -5.38. The highest BCUT2D eigenvalue weighted by Gasteiger charge is 2.32. The van der Waals surface area contributed by atoms with Crippen LogP contribution in [0.25, 0.3) is 0 Å². The number of esters is 3. The van der Waals surface area contributed by atoms with Crippen LogP contribution in [-0.2, 0) is 76.0 Å². The first kappa shape index (κ1) is 80.6. The van der Waals surface area contributed by atoms with Crippen molar-refractivity contribution in [3.63, 3.8) is 0 Å². The third-order valence-corrected chi connectivity index (χ3v) is 12.3. The maximum absolute atomic E-state index is 12.0. The van der Waals surface area contributed by atoms with Crippen molar-refractivity contribution in [1.29, 1.82) is 0 Å². The molecule has 5 atom stereocenters. The van der Waals surface area contributed by atoms with E-state index in [2.05, 4.69) is 5.32 Å². The number of aliphatic hydroxyl groups excluding tert-OH is 1. The quantitative estimate of drug-likeness (QED) is 0.0584. The molecule has 5 heterocycles.